The molecule has 1 aromatic rings. The van der Waals surface area contributed by atoms with Gasteiger partial charge in [0.05, 0.1) is 0 Å². The summed E-state index contributed by atoms with van der Waals surface area (Å²) in [5.41, 5.74) is 1.61. The second-order valence-electron chi connectivity index (χ2n) is 9.70. The first-order valence-electron chi connectivity index (χ1n) is 11.0. The predicted octanol–water partition coefficient (Wildman–Crippen LogP) is 5.71. The molecule has 0 heterocycles. The number of hydrogen-bond donors (Lipinski definition) is 2. The molecular weight excluding hydrogens is 348 g/mol. The Balaban J connectivity index is 1.39. The second kappa shape index (κ2) is 9.11. The van der Waals surface area contributed by atoms with E-state index in [-0.39, 0.29) is 23.7 Å². The van der Waals surface area contributed by atoms with Gasteiger partial charge in [-0.1, -0.05) is 40.5 Å². The van der Waals surface area contributed by atoms with Gasteiger partial charge in [-0.15, -0.1) is 0 Å². The first-order valence-corrected chi connectivity index (χ1v) is 11.0. The standard InChI is InChI=1S/C24H36N2O2/c1-15(2)5-7-17-13-21(17)23(27)25-19-9-11-20(12-10-19)26-24(28)22-14-18(22)8-6-16(3)4/h9-12,15-18,21-22H,5-8,13-14H2,1-4H3,(H,25,27)(H,26,28)/t17-,18-,21+,22+/m1/s1. The van der Waals surface area contributed by atoms with Gasteiger partial charge >= 0.3 is 0 Å². The number of carbonyl (C=O) groups excluding carboxylic acids is 2. The average molecular weight is 385 g/mol. The fraction of sp³-hybridized carbons (Fsp3) is 0.667. The van der Waals surface area contributed by atoms with Gasteiger partial charge < -0.3 is 10.6 Å². The average Bonchev–Trinajstić information content (AvgIpc) is 3.53. The van der Waals surface area contributed by atoms with Crippen LogP contribution >= 0.6 is 0 Å². The van der Waals surface area contributed by atoms with Crippen LogP contribution in [0.3, 0.4) is 0 Å². The number of rotatable bonds is 10. The summed E-state index contributed by atoms with van der Waals surface area (Å²) >= 11 is 0. The zero-order valence-corrected chi connectivity index (χ0v) is 17.8. The van der Waals surface area contributed by atoms with Crippen molar-refractivity contribution in [3.63, 3.8) is 0 Å². The summed E-state index contributed by atoms with van der Waals surface area (Å²) in [6, 6.07) is 7.51. The third-order valence-corrected chi connectivity index (χ3v) is 6.17. The molecule has 2 aliphatic carbocycles. The van der Waals surface area contributed by atoms with Gasteiger partial charge in [0.25, 0.3) is 0 Å². The SMILES string of the molecule is CC(C)CC[C@@H]1C[C@@H]1C(=O)Nc1ccc(NC(=O)[C@H]2C[C@H]2CCC(C)C)cc1. The molecule has 28 heavy (non-hydrogen) atoms. The molecule has 1 aromatic carbocycles. The van der Waals surface area contributed by atoms with Gasteiger partial charge in [-0.05, 0) is 73.6 Å². The zero-order chi connectivity index (χ0) is 20.3. The fourth-order valence-electron chi connectivity index (χ4n) is 3.98. The third-order valence-electron chi connectivity index (χ3n) is 6.17. The summed E-state index contributed by atoms with van der Waals surface area (Å²) < 4.78 is 0. The maximum Gasteiger partial charge on any atom is 0.227 e. The Kier molecular flexibility index (Phi) is 6.79. The van der Waals surface area contributed by atoms with Crippen LogP contribution in [0.25, 0.3) is 0 Å². The lowest BCUT2D eigenvalue weighted by Gasteiger charge is -2.09. The Morgan fingerprint density at radius 2 is 1.14 bits per heavy atom. The van der Waals surface area contributed by atoms with Gasteiger partial charge in [-0.2, -0.15) is 0 Å². The normalized spacial score (nSPS) is 25.6. The third kappa shape index (κ3) is 6.08. The molecule has 2 N–H and O–H groups in total. The predicted molar refractivity (Wildman–Crippen MR) is 115 cm³/mol. The van der Waals surface area contributed by atoms with Gasteiger partial charge in [-0.3, -0.25) is 9.59 Å². The highest BCUT2D eigenvalue weighted by Gasteiger charge is 2.43. The summed E-state index contributed by atoms with van der Waals surface area (Å²) in [6.45, 7) is 8.92. The molecule has 0 aromatic heterocycles. The van der Waals surface area contributed by atoms with Crippen LogP contribution in [-0.4, -0.2) is 11.8 Å². The van der Waals surface area contributed by atoms with E-state index in [4.69, 9.17) is 0 Å². The van der Waals surface area contributed by atoms with Crippen LogP contribution in [0, 0.1) is 35.5 Å². The van der Waals surface area contributed by atoms with E-state index in [2.05, 4.69) is 38.3 Å². The summed E-state index contributed by atoms with van der Waals surface area (Å²) in [4.78, 5) is 24.7. The molecule has 4 nitrogen and oxygen atoms in total. The van der Waals surface area contributed by atoms with Crippen molar-refractivity contribution < 1.29 is 9.59 Å². The molecule has 0 radical (unpaired) electrons. The van der Waals surface area contributed by atoms with E-state index in [0.717, 1.165) is 37.1 Å². The van der Waals surface area contributed by atoms with Crippen LogP contribution < -0.4 is 10.6 Å². The Morgan fingerprint density at radius 1 is 0.786 bits per heavy atom. The van der Waals surface area contributed by atoms with Crippen LogP contribution in [0.2, 0.25) is 0 Å². The van der Waals surface area contributed by atoms with Crippen molar-refractivity contribution in [1.29, 1.82) is 0 Å². The summed E-state index contributed by atoms with van der Waals surface area (Å²) in [7, 11) is 0. The Morgan fingerprint density at radius 3 is 1.46 bits per heavy atom. The van der Waals surface area contributed by atoms with Gasteiger partial charge in [0.15, 0.2) is 0 Å². The molecule has 0 saturated heterocycles. The smallest absolute Gasteiger partial charge is 0.227 e. The second-order valence-corrected chi connectivity index (χ2v) is 9.70. The van der Waals surface area contributed by atoms with Crippen molar-refractivity contribution in [2.24, 2.45) is 35.5 Å². The van der Waals surface area contributed by atoms with Crippen LogP contribution in [0.5, 0.6) is 0 Å². The van der Waals surface area contributed by atoms with Crippen molar-refractivity contribution in [1.82, 2.24) is 0 Å². The summed E-state index contributed by atoms with van der Waals surface area (Å²) in [5, 5.41) is 6.04. The van der Waals surface area contributed by atoms with Gasteiger partial charge in [0, 0.05) is 23.2 Å². The topological polar surface area (TPSA) is 58.2 Å². The lowest BCUT2D eigenvalue weighted by Crippen LogP contribution is -2.16. The van der Waals surface area contributed by atoms with E-state index in [0.29, 0.717) is 23.7 Å². The first kappa shape index (κ1) is 20.9. The highest BCUT2D eigenvalue weighted by molar-refractivity contribution is 5.96. The quantitative estimate of drug-likeness (QED) is 0.543. The van der Waals surface area contributed by atoms with Gasteiger partial charge in [0.2, 0.25) is 11.8 Å². The molecule has 2 aliphatic rings. The fourth-order valence-corrected chi connectivity index (χ4v) is 3.98. The summed E-state index contributed by atoms with van der Waals surface area (Å²) in [5.74, 6) is 3.15. The molecule has 2 amide bonds. The molecule has 4 heteroatoms. The van der Waals surface area contributed by atoms with Crippen molar-refractivity contribution in [3.05, 3.63) is 24.3 Å². The Labute approximate surface area is 169 Å². The number of carbonyl (C=O) groups is 2. The van der Waals surface area contributed by atoms with Crippen LogP contribution in [0.15, 0.2) is 24.3 Å². The van der Waals surface area contributed by atoms with E-state index in [1.807, 2.05) is 24.3 Å². The monoisotopic (exact) mass is 384 g/mol. The van der Waals surface area contributed by atoms with Crippen molar-refractivity contribution in [2.45, 2.75) is 66.2 Å². The lowest BCUT2D eigenvalue weighted by atomic mass is 10.0. The molecule has 0 aliphatic heterocycles. The minimum Gasteiger partial charge on any atom is -0.326 e. The molecule has 0 bridgehead atoms. The number of hydrogen-bond acceptors (Lipinski definition) is 2. The molecule has 3 rings (SSSR count). The Bertz CT molecular complexity index is 621. The van der Waals surface area contributed by atoms with Crippen molar-refractivity contribution in [2.75, 3.05) is 10.6 Å². The van der Waals surface area contributed by atoms with E-state index in [1.165, 1.54) is 12.8 Å². The molecule has 2 fully saturated rings. The van der Waals surface area contributed by atoms with Gasteiger partial charge in [0.1, 0.15) is 0 Å². The zero-order valence-electron chi connectivity index (χ0n) is 17.8. The van der Waals surface area contributed by atoms with Crippen molar-refractivity contribution >= 4 is 23.2 Å². The molecule has 2 saturated carbocycles. The largest absolute Gasteiger partial charge is 0.326 e. The minimum atomic E-state index is 0.136. The number of nitrogens with one attached hydrogen (secondary N) is 2. The van der Waals surface area contributed by atoms with Crippen LogP contribution in [-0.2, 0) is 9.59 Å². The maximum absolute atomic E-state index is 12.4. The van der Waals surface area contributed by atoms with E-state index in [9.17, 15) is 9.59 Å². The van der Waals surface area contributed by atoms with E-state index in [1.54, 1.807) is 0 Å². The molecule has 154 valence electrons. The molecule has 0 unspecified atom stereocenters. The first-order chi connectivity index (χ1) is 13.3. The van der Waals surface area contributed by atoms with E-state index < -0.39 is 0 Å². The van der Waals surface area contributed by atoms with Crippen LogP contribution in [0.4, 0.5) is 11.4 Å². The number of amides is 2. The Hall–Kier alpha value is -1.84. The summed E-state index contributed by atoms with van der Waals surface area (Å²) in [6.07, 6.45) is 6.74. The number of anilines is 2. The van der Waals surface area contributed by atoms with Gasteiger partial charge in [-0.25, -0.2) is 0 Å². The lowest BCUT2D eigenvalue weighted by molar-refractivity contribution is -0.118. The highest BCUT2D eigenvalue weighted by atomic mass is 16.2. The molecular formula is C24H36N2O2. The molecule has 0 spiro atoms. The molecule has 4 atom stereocenters. The minimum absolute atomic E-state index is 0.136. The maximum atomic E-state index is 12.4. The van der Waals surface area contributed by atoms with Crippen molar-refractivity contribution in [3.8, 4) is 0 Å². The number of benzene rings is 1. The van der Waals surface area contributed by atoms with E-state index >= 15 is 0 Å². The van der Waals surface area contributed by atoms with Crippen LogP contribution in [0.1, 0.15) is 66.2 Å². The highest BCUT2D eigenvalue weighted by Crippen LogP contribution is 2.44.